The topological polar surface area (TPSA) is 41.1 Å². The molecule has 24 heavy (non-hydrogen) atoms. The van der Waals surface area contributed by atoms with Gasteiger partial charge in [-0.25, -0.2) is 0 Å². The van der Waals surface area contributed by atoms with Crippen LogP contribution in [0.25, 0.3) is 0 Å². The zero-order chi connectivity index (χ0) is 16.9. The van der Waals surface area contributed by atoms with Crippen LogP contribution in [0, 0.1) is 6.92 Å². The van der Waals surface area contributed by atoms with Crippen LogP contribution >= 0.6 is 11.3 Å². The normalized spacial score (nSPS) is 17.6. The number of nitrogens with one attached hydrogen (secondary N) is 2. The van der Waals surface area contributed by atoms with E-state index in [1.54, 1.807) is 11.3 Å². The number of hydrogen-bond acceptors (Lipinski definition) is 3. The van der Waals surface area contributed by atoms with Gasteiger partial charge in [0.05, 0.1) is 12.1 Å². The molecule has 1 amide bonds. The standard InChI is InChI=1S/C20H26N2OS/c1-14-9-11-16(12-10-14)19(18-8-5-13-24-18)21-15(2)20(23)22-17-6-3-4-7-17/h5,8-13,15,17,19,21H,3-4,6-7H2,1-2H3,(H,22,23)/t15-,19+/m0/s1. The van der Waals surface area contributed by atoms with Gasteiger partial charge in [0.1, 0.15) is 0 Å². The Balaban J connectivity index is 1.71. The first kappa shape index (κ1) is 17.2. The minimum Gasteiger partial charge on any atom is -0.352 e. The number of aryl methyl sites for hydroxylation is 1. The lowest BCUT2D eigenvalue weighted by Crippen LogP contribution is -2.46. The van der Waals surface area contributed by atoms with Crippen molar-refractivity contribution in [1.29, 1.82) is 0 Å². The molecule has 0 unspecified atom stereocenters. The molecule has 2 N–H and O–H groups in total. The maximum absolute atomic E-state index is 12.5. The Morgan fingerprint density at radius 2 is 1.88 bits per heavy atom. The maximum Gasteiger partial charge on any atom is 0.237 e. The summed E-state index contributed by atoms with van der Waals surface area (Å²) in [6, 6.07) is 12.9. The number of carbonyl (C=O) groups excluding carboxylic acids is 1. The van der Waals surface area contributed by atoms with Gasteiger partial charge in [0.25, 0.3) is 0 Å². The second-order valence-electron chi connectivity index (χ2n) is 6.74. The van der Waals surface area contributed by atoms with E-state index in [4.69, 9.17) is 0 Å². The molecule has 1 aromatic heterocycles. The summed E-state index contributed by atoms with van der Waals surface area (Å²) in [4.78, 5) is 13.8. The largest absolute Gasteiger partial charge is 0.352 e. The van der Waals surface area contributed by atoms with Gasteiger partial charge in [-0.15, -0.1) is 11.3 Å². The third-order valence-electron chi connectivity index (χ3n) is 4.75. The van der Waals surface area contributed by atoms with Crippen molar-refractivity contribution in [1.82, 2.24) is 10.6 Å². The molecule has 1 fully saturated rings. The number of carbonyl (C=O) groups is 1. The fourth-order valence-electron chi connectivity index (χ4n) is 3.28. The highest BCUT2D eigenvalue weighted by molar-refractivity contribution is 7.10. The molecule has 1 heterocycles. The minimum absolute atomic E-state index is 0.0509. The zero-order valence-electron chi connectivity index (χ0n) is 14.4. The van der Waals surface area contributed by atoms with Crippen LogP contribution in [-0.2, 0) is 4.79 Å². The first-order chi connectivity index (χ1) is 11.6. The van der Waals surface area contributed by atoms with E-state index in [1.807, 2.05) is 6.92 Å². The zero-order valence-corrected chi connectivity index (χ0v) is 15.2. The van der Waals surface area contributed by atoms with Crippen LogP contribution in [-0.4, -0.2) is 18.0 Å². The molecule has 1 aromatic carbocycles. The van der Waals surface area contributed by atoms with E-state index in [9.17, 15) is 4.79 Å². The van der Waals surface area contributed by atoms with E-state index in [-0.39, 0.29) is 18.0 Å². The van der Waals surface area contributed by atoms with Gasteiger partial charge < -0.3 is 5.32 Å². The average Bonchev–Trinajstić information content (AvgIpc) is 3.27. The predicted molar refractivity (Wildman–Crippen MR) is 100 cm³/mol. The van der Waals surface area contributed by atoms with Gasteiger partial charge in [-0.2, -0.15) is 0 Å². The van der Waals surface area contributed by atoms with Crippen molar-refractivity contribution in [2.75, 3.05) is 0 Å². The Morgan fingerprint density at radius 3 is 2.50 bits per heavy atom. The second kappa shape index (κ2) is 7.95. The van der Waals surface area contributed by atoms with Crippen molar-refractivity contribution < 1.29 is 4.79 Å². The molecular weight excluding hydrogens is 316 g/mol. The van der Waals surface area contributed by atoms with E-state index >= 15 is 0 Å². The van der Waals surface area contributed by atoms with Crippen LogP contribution in [0.2, 0.25) is 0 Å². The van der Waals surface area contributed by atoms with Gasteiger partial charge in [-0.05, 0) is 43.7 Å². The Kier molecular flexibility index (Phi) is 5.69. The van der Waals surface area contributed by atoms with E-state index < -0.39 is 0 Å². The first-order valence-electron chi connectivity index (χ1n) is 8.80. The average molecular weight is 343 g/mol. The van der Waals surface area contributed by atoms with Gasteiger partial charge in [0, 0.05) is 10.9 Å². The fraction of sp³-hybridized carbons (Fsp3) is 0.450. The van der Waals surface area contributed by atoms with Crippen LogP contribution < -0.4 is 10.6 Å². The molecular formula is C20H26N2OS. The van der Waals surface area contributed by atoms with Crippen LogP contribution in [0.15, 0.2) is 41.8 Å². The van der Waals surface area contributed by atoms with Gasteiger partial charge in [0.15, 0.2) is 0 Å². The Hall–Kier alpha value is -1.65. The van der Waals surface area contributed by atoms with Gasteiger partial charge >= 0.3 is 0 Å². The summed E-state index contributed by atoms with van der Waals surface area (Å²) in [6.07, 6.45) is 4.69. The van der Waals surface area contributed by atoms with Crippen molar-refractivity contribution in [3.8, 4) is 0 Å². The molecule has 0 radical (unpaired) electrons. The van der Waals surface area contributed by atoms with Gasteiger partial charge in [0.2, 0.25) is 5.91 Å². The summed E-state index contributed by atoms with van der Waals surface area (Å²) in [5.41, 5.74) is 2.44. The molecule has 128 valence electrons. The van der Waals surface area contributed by atoms with Crippen molar-refractivity contribution in [3.63, 3.8) is 0 Å². The van der Waals surface area contributed by atoms with Crippen molar-refractivity contribution in [2.45, 2.75) is 57.7 Å². The number of benzene rings is 1. The first-order valence-corrected chi connectivity index (χ1v) is 9.68. The molecule has 1 aliphatic carbocycles. The lowest BCUT2D eigenvalue weighted by molar-refractivity contribution is -0.123. The number of amides is 1. The summed E-state index contributed by atoms with van der Waals surface area (Å²) in [6.45, 7) is 4.05. The maximum atomic E-state index is 12.5. The Bertz CT molecular complexity index is 645. The van der Waals surface area contributed by atoms with E-state index in [2.05, 4.69) is 59.3 Å². The van der Waals surface area contributed by atoms with Crippen molar-refractivity contribution >= 4 is 17.2 Å². The van der Waals surface area contributed by atoms with Crippen LogP contribution in [0.3, 0.4) is 0 Å². The summed E-state index contributed by atoms with van der Waals surface area (Å²) >= 11 is 1.72. The molecule has 2 aromatic rings. The highest BCUT2D eigenvalue weighted by Gasteiger charge is 2.24. The smallest absolute Gasteiger partial charge is 0.237 e. The highest BCUT2D eigenvalue weighted by atomic mass is 32.1. The summed E-state index contributed by atoms with van der Waals surface area (Å²) in [7, 11) is 0. The summed E-state index contributed by atoms with van der Waals surface area (Å²) in [5, 5.41) is 8.80. The Labute approximate surface area is 148 Å². The third-order valence-corrected chi connectivity index (χ3v) is 5.69. The molecule has 3 nitrogen and oxygen atoms in total. The summed E-state index contributed by atoms with van der Waals surface area (Å²) < 4.78 is 0. The molecule has 0 aliphatic heterocycles. The van der Waals surface area contributed by atoms with E-state index in [1.165, 1.54) is 28.8 Å². The molecule has 0 saturated heterocycles. The molecule has 2 atom stereocenters. The lowest BCUT2D eigenvalue weighted by atomic mass is 10.0. The fourth-order valence-corrected chi connectivity index (χ4v) is 4.09. The minimum atomic E-state index is -0.223. The third kappa shape index (κ3) is 4.25. The van der Waals surface area contributed by atoms with E-state index in [0.717, 1.165) is 12.8 Å². The molecule has 0 bridgehead atoms. The lowest BCUT2D eigenvalue weighted by Gasteiger charge is -2.24. The molecule has 3 rings (SSSR count). The molecule has 0 spiro atoms. The molecule has 1 aliphatic rings. The quantitative estimate of drug-likeness (QED) is 0.827. The molecule has 4 heteroatoms. The van der Waals surface area contributed by atoms with Crippen LogP contribution in [0.1, 0.15) is 54.7 Å². The van der Waals surface area contributed by atoms with Crippen molar-refractivity contribution in [3.05, 3.63) is 57.8 Å². The van der Waals surface area contributed by atoms with Crippen LogP contribution in [0.5, 0.6) is 0 Å². The second-order valence-corrected chi connectivity index (χ2v) is 7.72. The predicted octanol–water partition coefficient (Wildman–Crippen LogP) is 4.18. The molecule has 1 saturated carbocycles. The van der Waals surface area contributed by atoms with E-state index in [0.29, 0.717) is 6.04 Å². The van der Waals surface area contributed by atoms with Crippen molar-refractivity contribution in [2.24, 2.45) is 0 Å². The SMILES string of the molecule is Cc1ccc([C@@H](N[C@@H](C)C(=O)NC2CCCC2)c2cccs2)cc1. The van der Waals surface area contributed by atoms with Crippen LogP contribution in [0.4, 0.5) is 0 Å². The monoisotopic (exact) mass is 342 g/mol. The van der Waals surface area contributed by atoms with Gasteiger partial charge in [-0.3, -0.25) is 10.1 Å². The van der Waals surface area contributed by atoms with Gasteiger partial charge in [-0.1, -0.05) is 48.7 Å². The number of rotatable bonds is 6. The highest BCUT2D eigenvalue weighted by Crippen LogP contribution is 2.27. The Morgan fingerprint density at radius 1 is 1.17 bits per heavy atom. The summed E-state index contributed by atoms with van der Waals surface area (Å²) in [5.74, 6) is 0.107. The number of hydrogen-bond donors (Lipinski definition) is 2. The number of thiophene rings is 1.